The third-order valence-corrected chi connectivity index (χ3v) is 0. The van der Waals surface area contributed by atoms with E-state index in [9.17, 15) is 0 Å². The van der Waals surface area contributed by atoms with Crippen LogP contribution >= 0.6 is 49.9 Å². The van der Waals surface area contributed by atoms with Gasteiger partial charge in [0.05, 0.1) is 0 Å². The van der Waals surface area contributed by atoms with E-state index < -0.39 is 0 Å². The Morgan fingerprint density at radius 2 is 1.00 bits per heavy atom. The van der Waals surface area contributed by atoms with E-state index in [4.69, 9.17) is 0 Å². The van der Waals surface area contributed by atoms with Gasteiger partial charge in [0.15, 0.2) is 0 Å². The maximum Gasteiger partial charge on any atom is -0.00848 e. The van der Waals surface area contributed by atoms with Crippen LogP contribution in [0.15, 0.2) is 0 Å². The molecule has 0 bridgehead atoms. The lowest BCUT2D eigenvalue weighted by atomic mass is 12.0. The van der Waals surface area contributed by atoms with E-state index in [-0.39, 0.29) is 34.0 Å². The molecule has 0 unspecified atom stereocenters. The Balaban J connectivity index is -0.00000000500. The zero-order valence-electron chi connectivity index (χ0n) is 2.19. The maximum atomic E-state index is 2.94. The van der Waals surface area contributed by atoms with Gasteiger partial charge in [-0.15, -0.1) is 34.0 Å². The highest BCUT2D eigenvalue weighted by Crippen LogP contribution is 1.45. The van der Waals surface area contributed by atoms with E-state index in [0.29, 0.717) is 0 Å². The monoisotopic (exact) mass is 254 g/mol. The number of halogens is 3. The molecular weight excluding hydrogens is 252 g/mol. The molecule has 0 N–H and O–H groups in total. The van der Waals surface area contributed by atoms with Crippen molar-refractivity contribution in [2.45, 2.75) is 0 Å². The topological polar surface area (TPSA) is 0 Å². The van der Waals surface area contributed by atoms with Gasteiger partial charge in [0.25, 0.3) is 0 Å². The quantitative estimate of drug-likeness (QED) is 0.583. The van der Waals surface area contributed by atoms with E-state index in [1.54, 1.807) is 0 Å². The molecule has 0 rings (SSSR count). The summed E-state index contributed by atoms with van der Waals surface area (Å²) in [5.74, 6) is 1.81. The molecule has 4 heavy (non-hydrogen) atoms. The van der Waals surface area contributed by atoms with E-state index in [2.05, 4.69) is 15.9 Å². The van der Waals surface area contributed by atoms with Crippen LogP contribution in [0, 0.1) is 0 Å². The standard InChI is InChI=1S/CH3Br.2BrH/c1-2;;/h1H3;2*1H. The predicted molar refractivity (Wildman–Crippen MR) is 35.5 cm³/mol. The van der Waals surface area contributed by atoms with Crippen molar-refractivity contribution in [1.82, 2.24) is 0 Å². The summed E-state index contributed by atoms with van der Waals surface area (Å²) in [6.45, 7) is 0. The number of hydrogen-bond donors (Lipinski definition) is 0. The first-order valence-corrected chi connectivity index (χ1v) is 1.96. The maximum absolute atomic E-state index is 2.94. The molecule has 0 atom stereocenters. The summed E-state index contributed by atoms with van der Waals surface area (Å²) < 4.78 is 0. The summed E-state index contributed by atoms with van der Waals surface area (Å²) in [5, 5.41) is 0. The van der Waals surface area contributed by atoms with Gasteiger partial charge in [0, 0.05) is 0 Å². The molecular formula is CH5Br3. The Morgan fingerprint density at radius 3 is 1.00 bits per heavy atom. The van der Waals surface area contributed by atoms with Crippen LogP contribution in [0.1, 0.15) is 0 Å². The van der Waals surface area contributed by atoms with Gasteiger partial charge in [-0.1, -0.05) is 15.9 Å². The second-order valence-corrected chi connectivity index (χ2v) is 0. The summed E-state index contributed by atoms with van der Waals surface area (Å²) in [7, 11) is 0. The fourth-order valence-corrected chi connectivity index (χ4v) is 0. The molecule has 0 radical (unpaired) electrons. The van der Waals surface area contributed by atoms with Crippen LogP contribution in [-0.4, -0.2) is 5.83 Å². The Morgan fingerprint density at radius 1 is 1.00 bits per heavy atom. The van der Waals surface area contributed by atoms with Crippen molar-refractivity contribution in [3.63, 3.8) is 0 Å². The van der Waals surface area contributed by atoms with Crippen LogP contribution in [0.5, 0.6) is 0 Å². The fourth-order valence-electron chi connectivity index (χ4n) is 0. The normalized spacial score (nSPS) is 1.50. The largest absolute Gasteiger partial charge is 0.114 e. The molecule has 0 aromatic heterocycles. The van der Waals surface area contributed by atoms with E-state index in [1.165, 1.54) is 0 Å². The lowest BCUT2D eigenvalue weighted by Crippen LogP contribution is -0.808. The third-order valence-electron chi connectivity index (χ3n) is 0. The first-order valence-electron chi connectivity index (χ1n) is 0.378. The van der Waals surface area contributed by atoms with Crippen LogP contribution in [0.2, 0.25) is 0 Å². The van der Waals surface area contributed by atoms with Crippen molar-refractivity contribution in [2.24, 2.45) is 0 Å². The van der Waals surface area contributed by atoms with Crippen molar-refractivity contribution < 1.29 is 0 Å². The van der Waals surface area contributed by atoms with Crippen molar-refractivity contribution in [2.75, 3.05) is 5.83 Å². The minimum Gasteiger partial charge on any atom is -0.114 e. The summed E-state index contributed by atoms with van der Waals surface area (Å²) in [6.07, 6.45) is 0. The second-order valence-electron chi connectivity index (χ2n) is 0. The van der Waals surface area contributed by atoms with Crippen LogP contribution in [0.3, 0.4) is 0 Å². The summed E-state index contributed by atoms with van der Waals surface area (Å²) in [4.78, 5) is 0. The van der Waals surface area contributed by atoms with Crippen molar-refractivity contribution in [3.8, 4) is 0 Å². The highest BCUT2D eigenvalue weighted by atomic mass is 79.9. The van der Waals surface area contributed by atoms with Crippen LogP contribution in [0.25, 0.3) is 0 Å². The van der Waals surface area contributed by atoms with Gasteiger partial charge < -0.3 is 0 Å². The van der Waals surface area contributed by atoms with E-state index >= 15 is 0 Å². The van der Waals surface area contributed by atoms with Crippen LogP contribution < -0.4 is 0 Å². The molecule has 0 aromatic rings. The van der Waals surface area contributed by atoms with E-state index in [1.807, 2.05) is 5.83 Å². The molecule has 0 saturated carbocycles. The van der Waals surface area contributed by atoms with Gasteiger partial charge in [-0.05, 0) is 5.83 Å². The van der Waals surface area contributed by atoms with Crippen molar-refractivity contribution in [1.29, 1.82) is 0 Å². The Kier molecular flexibility index (Phi) is 114. The molecule has 30 valence electrons. The predicted octanol–water partition coefficient (Wildman–Crippen LogP) is 2.17. The van der Waals surface area contributed by atoms with Crippen LogP contribution in [-0.2, 0) is 0 Å². The SMILES string of the molecule is Br.Br.CBr. The highest BCUT2D eigenvalue weighted by molar-refractivity contribution is 9.08. The molecule has 0 saturated heterocycles. The molecule has 0 aromatic carbocycles. The van der Waals surface area contributed by atoms with Crippen LogP contribution in [0.4, 0.5) is 0 Å². The zero-order chi connectivity index (χ0) is 2.00. The Labute approximate surface area is 55.6 Å². The average molecular weight is 257 g/mol. The number of hydrogen-bond acceptors (Lipinski definition) is 0. The molecule has 0 amide bonds. The first-order chi connectivity index (χ1) is 1.00. The van der Waals surface area contributed by atoms with Gasteiger partial charge in [0.1, 0.15) is 0 Å². The summed E-state index contributed by atoms with van der Waals surface area (Å²) >= 11 is 2.94. The second kappa shape index (κ2) is 25.3. The summed E-state index contributed by atoms with van der Waals surface area (Å²) in [6, 6.07) is 0. The van der Waals surface area contributed by atoms with E-state index in [0.717, 1.165) is 0 Å². The Hall–Kier alpha value is 1.44. The fraction of sp³-hybridized carbons (Fsp3) is 1.00. The van der Waals surface area contributed by atoms with Gasteiger partial charge in [-0.25, -0.2) is 0 Å². The summed E-state index contributed by atoms with van der Waals surface area (Å²) in [5.41, 5.74) is 0. The third kappa shape index (κ3) is 9.88. The molecule has 0 aliphatic heterocycles. The van der Waals surface area contributed by atoms with Gasteiger partial charge in [-0.2, -0.15) is 0 Å². The lowest BCUT2D eigenvalue weighted by Gasteiger charge is -1.05. The molecule has 0 aliphatic rings. The molecule has 0 heterocycles. The van der Waals surface area contributed by atoms with Crippen molar-refractivity contribution >= 4 is 49.9 Å². The van der Waals surface area contributed by atoms with Gasteiger partial charge >= 0.3 is 0 Å². The average Bonchev–Trinajstić information content (AvgIpc) is 1.00. The van der Waals surface area contributed by atoms with Gasteiger partial charge in [0.2, 0.25) is 0 Å². The zero-order valence-corrected chi connectivity index (χ0v) is 7.21. The highest BCUT2D eigenvalue weighted by Gasteiger charge is 0.948. The molecule has 0 fully saturated rings. The van der Waals surface area contributed by atoms with Gasteiger partial charge in [-0.3, -0.25) is 0 Å². The number of rotatable bonds is 0. The molecule has 0 aliphatic carbocycles. The molecule has 0 spiro atoms. The molecule has 3 heteroatoms. The number of alkyl halides is 1. The van der Waals surface area contributed by atoms with Crippen molar-refractivity contribution in [3.05, 3.63) is 0 Å². The lowest BCUT2D eigenvalue weighted by molar-refractivity contribution is 2.60. The minimum absolute atomic E-state index is 0. The molecule has 0 nitrogen and oxygen atoms in total. The smallest absolute Gasteiger partial charge is 0.00848 e. The Bertz CT molecular complexity index is 3.25. The first kappa shape index (κ1) is 18.0. The minimum atomic E-state index is 0.